The fraction of sp³-hybridized carbons (Fsp3) is 0.280. The molecule has 2 heterocycles. The molecule has 2 fully saturated rings. The number of Topliss-reactive ketones (excluding diaryl/α,β-unsaturated/α-hetero) is 2. The first-order valence-corrected chi connectivity index (χ1v) is 20.2. The quantitative estimate of drug-likeness (QED) is 0.160. The number of fused-ring (bicyclic) bond motifs is 12. The Kier molecular flexibility index (Phi) is 5.03. The molecule has 0 amide bonds. The van der Waals surface area contributed by atoms with Crippen LogP contribution in [0.1, 0.15) is 140 Å². The van der Waals surface area contributed by atoms with E-state index >= 15 is 0 Å². The number of ketones is 2. The summed E-state index contributed by atoms with van der Waals surface area (Å²) in [4.78, 5) is 28.3. The van der Waals surface area contributed by atoms with Crippen molar-refractivity contribution in [3.63, 3.8) is 0 Å². The van der Waals surface area contributed by atoms with Crippen LogP contribution in [-0.4, -0.2) is 16.0 Å². The molecule has 0 unspecified atom stereocenters. The second kappa shape index (κ2) is 9.44. The third kappa shape index (κ3) is 3.28. The van der Waals surface area contributed by atoms with Crippen molar-refractivity contribution in [3.05, 3.63) is 147 Å². The summed E-state index contributed by atoms with van der Waals surface area (Å²) in [5, 5.41) is 7.70. The smallest absolute Gasteiger partial charge is 0.166 e. The maximum Gasteiger partial charge on any atom is 0.166 e. The molecule has 8 aromatic rings. The Morgan fingerprint density at radius 2 is 0.868 bits per heavy atom. The highest BCUT2D eigenvalue weighted by Crippen LogP contribution is 2.58. The molecule has 2 aromatic heterocycles. The highest BCUT2D eigenvalue weighted by atomic mass is 16.1. The first kappa shape index (κ1) is 28.3. The Labute approximate surface area is 306 Å². The van der Waals surface area contributed by atoms with Crippen molar-refractivity contribution in [2.45, 2.75) is 75.0 Å². The third-order valence-corrected chi connectivity index (χ3v) is 15.4. The Morgan fingerprint density at radius 3 is 1.42 bits per heavy atom. The molecule has 0 saturated heterocycles. The SMILES string of the molecule is O=C1c2cc3c(cc2C2CCC1CC2)c1cc2cc4c(cc2c2c5cc6c(cc5n3c12)C(=O)C1CCC6CC1)C1c2ccccc2C4c2ccccc21. The van der Waals surface area contributed by atoms with Gasteiger partial charge in [0.2, 0.25) is 0 Å². The number of carbonyl (C=O) groups is 2. The largest absolute Gasteiger partial charge is 0.308 e. The molecule has 0 aliphatic heterocycles. The van der Waals surface area contributed by atoms with E-state index < -0.39 is 0 Å². The second-order valence-corrected chi connectivity index (χ2v) is 17.5. The van der Waals surface area contributed by atoms with Crippen LogP contribution in [0.25, 0.3) is 48.9 Å². The van der Waals surface area contributed by atoms with Gasteiger partial charge < -0.3 is 4.40 Å². The summed E-state index contributed by atoms with van der Waals surface area (Å²) < 4.78 is 2.46. The molecule has 6 aromatic carbocycles. The molecule has 3 heteroatoms. The zero-order valence-electron chi connectivity index (χ0n) is 29.5. The van der Waals surface area contributed by atoms with Crippen molar-refractivity contribution in [2.24, 2.45) is 11.8 Å². The molecule has 17 rings (SSSR count). The molecule has 3 nitrogen and oxygen atoms in total. The number of aromatic nitrogens is 1. The predicted molar refractivity (Wildman–Crippen MR) is 211 cm³/mol. The van der Waals surface area contributed by atoms with E-state index in [2.05, 4.69) is 95.4 Å². The van der Waals surface area contributed by atoms with Crippen molar-refractivity contribution in [2.75, 3.05) is 0 Å². The van der Waals surface area contributed by atoms with Crippen molar-refractivity contribution < 1.29 is 9.59 Å². The highest BCUT2D eigenvalue weighted by Gasteiger charge is 2.42. The molecule has 0 atom stereocenters. The maximum atomic E-state index is 14.2. The molecular weight excluding hydrogens is 647 g/mol. The summed E-state index contributed by atoms with van der Waals surface area (Å²) in [5.74, 6) is 2.32. The van der Waals surface area contributed by atoms with Crippen molar-refractivity contribution >= 4 is 60.4 Å². The van der Waals surface area contributed by atoms with Gasteiger partial charge in [-0.2, -0.15) is 0 Å². The molecular formula is C50H37NO2. The van der Waals surface area contributed by atoms with Gasteiger partial charge in [-0.1, -0.05) is 48.5 Å². The van der Waals surface area contributed by atoms with Crippen molar-refractivity contribution in [3.8, 4) is 0 Å². The number of benzene rings is 6. The lowest BCUT2D eigenvalue weighted by Gasteiger charge is -2.42. The average Bonchev–Trinajstić information content (AvgIpc) is 3.52. The maximum absolute atomic E-state index is 14.2. The van der Waals surface area contributed by atoms with Gasteiger partial charge in [0.05, 0.1) is 16.6 Å². The second-order valence-electron chi connectivity index (χ2n) is 17.5. The van der Waals surface area contributed by atoms with Crippen LogP contribution >= 0.6 is 0 Å². The van der Waals surface area contributed by atoms with Gasteiger partial charge in [-0.05, 0) is 161 Å². The standard InChI is InChI=1S/C50H37NO2/c52-49-26-13-9-24(10-14-26)33-19-36-39-18-28-17-37-38(46-31-7-3-1-5-29(31)45(37)30-6-2-4-8-32(30)46)21-35(28)47-42-20-34-25-11-15-27(16-12-25)50(53)41(34)23-44(42)51(48(39)47)43(36)22-40(33)49/h1-8,17-27,45-46H,9-16H2. The van der Waals surface area contributed by atoms with Gasteiger partial charge in [-0.3, -0.25) is 9.59 Å². The first-order chi connectivity index (χ1) is 26.1. The number of hydrogen-bond donors (Lipinski definition) is 0. The summed E-state index contributed by atoms with van der Waals surface area (Å²) in [6.07, 6.45) is 8.47. The molecule has 9 aliphatic carbocycles. The van der Waals surface area contributed by atoms with Gasteiger partial charge in [0.1, 0.15) is 0 Å². The lowest BCUT2D eigenvalue weighted by atomic mass is 9.61. The molecule has 2 saturated carbocycles. The van der Waals surface area contributed by atoms with Crippen LogP contribution in [0, 0.1) is 11.8 Å². The van der Waals surface area contributed by atoms with Crippen LogP contribution in [0.15, 0.2) is 91.0 Å². The van der Waals surface area contributed by atoms with Gasteiger partial charge in [0, 0.05) is 56.3 Å². The monoisotopic (exact) mass is 683 g/mol. The van der Waals surface area contributed by atoms with Crippen LogP contribution in [0.2, 0.25) is 0 Å². The average molecular weight is 684 g/mol. The van der Waals surface area contributed by atoms with Crippen LogP contribution in [0.4, 0.5) is 0 Å². The molecule has 0 spiro atoms. The Balaban J connectivity index is 1.15. The van der Waals surface area contributed by atoms with Crippen LogP contribution in [-0.2, 0) is 0 Å². The van der Waals surface area contributed by atoms with E-state index in [1.165, 1.54) is 82.3 Å². The summed E-state index contributed by atoms with van der Waals surface area (Å²) >= 11 is 0. The number of rotatable bonds is 0. The minimum atomic E-state index is 0.146. The summed E-state index contributed by atoms with van der Waals surface area (Å²) in [6.45, 7) is 0. The third-order valence-electron chi connectivity index (χ3n) is 15.4. The molecule has 0 N–H and O–H groups in total. The van der Waals surface area contributed by atoms with Gasteiger partial charge in [-0.25, -0.2) is 0 Å². The lowest BCUT2D eigenvalue weighted by Crippen LogP contribution is -2.27. The lowest BCUT2D eigenvalue weighted by molar-refractivity contribution is 0.0891. The zero-order valence-corrected chi connectivity index (χ0v) is 29.5. The number of hydrogen-bond acceptors (Lipinski definition) is 2. The predicted octanol–water partition coefficient (Wildman–Crippen LogP) is 11.9. The topological polar surface area (TPSA) is 38.5 Å². The van der Waals surface area contributed by atoms with Crippen LogP contribution in [0.5, 0.6) is 0 Å². The fourth-order valence-electron chi connectivity index (χ4n) is 13.0. The van der Waals surface area contributed by atoms with Crippen LogP contribution in [0.3, 0.4) is 0 Å². The van der Waals surface area contributed by atoms with E-state index in [0.29, 0.717) is 23.4 Å². The van der Waals surface area contributed by atoms with Crippen molar-refractivity contribution in [1.82, 2.24) is 4.40 Å². The molecule has 254 valence electrons. The van der Waals surface area contributed by atoms with E-state index in [4.69, 9.17) is 0 Å². The van der Waals surface area contributed by atoms with Gasteiger partial charge in [-0.15, -0.1) is 0 Å². The summed E-state index contributed by atoms with van der Waals surface area (Å²) in [6, 6.07) is 35.2. The Morgan fingerprint density at radius 1 is 0.415 bits per heavy atom. The summed E-state index contributed by atoms with van der Waals surface area (Å²) in [7, 11) is 0. The normalized spacial score (nSPS) is 26.3. The Bertz CT molecular complexity index is 2990. The summed E-state index contributed by atoms with van der Waals surface area (Å²) in [5.41, 5.74) is 16.6. The van der Waals surface area contributed by atoms with Gasteiger partial charge in [0.15, 0.2) is 11.6 Å². The highest BCUT2D eigenvalue weighted by molar-refractivity contribution is 6.32. The van der Waals surface area contributed by atoms with E-state index in [-0.39, 0.29) is 23.7 Å². The molecule has 0 radical (unpaired) electrons. The number of nitrogens with zero attached hydrogens (tertiary/aromatic N) is 1. The van der Waals surface area contributed by atoms with Crippen LogP contribution < -0.4 is 0 Å². The van der Waals surface area contributed by atoms with E-state index in [1.54, 1.807) is 0 Å². The minimum Gasteiger partial charge on any atom is -0.308 e. The fourth-order valence-corrected chi connectivity index (χ4v) is 13.0. The minimum absolute atomic E-state index is 0.146. The van der Waals surface area contributed by atoms with Gasteiger partial charge >= 0.3 is 0 Å². The van der Waals surface area contributed by atoms with E-state index in [1.807, 2.05) is 0 Å². The zero-order chi connectivity index (χ0) is 34.4. The van der Waals surface area contributed by atoms with Crippen molar-refractivity contribution in [1.29, 1.82) is 0 Å². The Hall–Kier alpha value is -5.28. The molecule has 53 heavy (non-hydrogen) atoms. The van der Waals surface area contributed by atoms with E-state index in [0.717, 1.165) is 73.5 Å². The molecule has 9 aliphatic rings. The number of carbonyl (C=O) groups excluding carboxylic acids is 2. The molecule has 6 bridgehead atoms. The first-order valence-electron chi connectivity index (χ1n) is 20.2. The van der Waals surface area contributed by atoms with Gasteiger partial charge in [0.25, 0.3) is 0 Å². The van der Waals surface area contributed by atoms with E-state index in [9.17, 15) is 9.59 Å².